The number of nitrogens with zero attached hydrogens (tertiary/aromatic N) is 2. The highest BCUT2D eigenvalue weighted by Crippen LogP contribution is 2.18. The van der Waals surface area contributed by atoms with Gasteiger partial charge in [0.15, 0.2) is 0 Å². The van der Waals surface area contributed by atoms with Crippen molar-refractivity contribution in [2.45, 2.75) is 13.3 Å². The number of pyridine rings is 1. The van der Waals surface area contributed by atoms with Crippen LogP contribution in [-0.2, 0) is 10.0 Å². The highest BCUT2D eigenvalue weighted by molar-refractivity contribution is 7.89. The van der Waals surface area contributed by atoms with Gasteiger partial charge < -0.3 is 5.32 Å². The molecule has 1 saturated heterocycles. The first-order valence-corrected chi connectivity index (χ1v) is 9.87. The first-order valence-electron chi connectivity index (χ1n) is 8.26. The lowest BCUT2D eigenvalue weighted by Crippen LogP contribution is -2.36. The van der Waals surface area contributed by atoms with Crippen LogP contribution in [0.1, 0.15) is 22.5 Å². The molecule has 0 spiro atoms. The van der Waals surface area contributed by atoms with Crippen molar-refractivity contribution < 1.29 is 13.2 Å². The molecule has 132 valence electrons. The molecule has 7 heteroatoms. The molecule has 2 aromatic rings. The molecule has 0 aliphatic carbocycles. The van der Waals surface area contributed by atoms with E-state index in [4.69, 9.17) is 0 Å². The van der Waals surface area contributed by atoms with Gasteiger partial charge in [0.05, 0.1) is 22.7 Å². The second-order valence-electron chi connectivity index (χ2n) is 6.02. The molecule has 3 rings (SSSR count). The third-order valence-corrected chi connectivity index (χ3v) is 6.21. The second kappa shape index (κ2) is 7.33. The van der Waals surface area contributed by atoms with Gasteiger partial charge in [-0.05, 0) is 25.5 Å². The summed E-state index contributed by atoms with van der Waals surface area (Å²) in [5.41, 5.74) is 2.96. The number of rotatable bonds is 5. The molecular formula is C18H21N3O3S. The van der Waals surface area contributed by atoms with Crippen molar-refractivity contribution in [3.8, 4) is 11.3 Å². The fourth-order valence-electron chi connectivity index (χ4n) is 2.90. The van der Waals surface area contributed by atoms with E-state index in [0.717, 1.165) is 11.3 Å². The zero-order valence-corrected chi connectivity index (χ0v) is 14.9. The van der Waals surface area contributed by atoms with Gasteiger partial charge in [0.1, 0.15) is 0 Å². The van der Waals surface area contributed by atoms with Crippen LogP contribution in [0.2, 0.25) is 0 Å². The van der Waals surface area contributed by atoms with E-state index >= 15 is 0 Å². The average molecular weight is 359 g/mol. The van der Waals surface area contributed by atoms with Crippen LogP contribution in [0.15, 0.2) is 42.5 Å². The van der Waals surface area contributed by atoms with Crippen LogP contribution in [0.3, 0.4) is 0 Å². The number of hydrogen-bond donors (Lipinski definition) is 1. The van der Waals surface area contributed by atoms with Gasteiger partial charge in [-0.25, -0.2) is 12.7 Å². The number of nitrogens with one attached hydrogen (secondary N) is 1. The molecule has 1 fully saturated rings. The standard InChI is InChI=1S/C18H21N3O3S/c1-14-16(8-9-17(20-14)15-6-3-2-4-7-15)18(22)19-10-12-21-11-5-13-25(21,23)24/h2-4,6-9H,5,10-13H2,1H3,(H,19,22). The Kier molecular flexibility index (Phi) is 5.15. The molecule has 0 radical (unpaired) electrons. The molecule has 0 unspecified atom stereocenters. The Balaban J connectivity index is 1.62. The molecule has 6 nitrogen and oxygen atoms in total. The second-order valence-corrected chi connectivity index (χ2v) is 8.11. The van der Waals surface area contributed by atoms with Gasteiger partial charge in [0.2, 0.25) is 10.0 Å². The van der Waals surface area contributed by atoms with Crippen molar-refractivity contribution in [1.29, 1.82) is 0 Å². The fourth-order valence-corrected chi connectivity index (χ4v) is 4.43. The third-order valence-electron chi connectivity index (χ3n) is 4.25. The Morgan fingerprint density at radius 1 is 1.20 bits per heavy atom. The molecule has 0 saturated carbocycles. The summed E-state index contributed by atoms with van der Waals surface area (Å²) in [5, 5.41) is 2.78. The molecule has 25 heavy (non-hydrogen) atoms. The highest BCUT2D eigenvalue weighted by Gasteiger charge is 2.27. The average Bonchev–Trinajstić information content (AvgIpc) is 2.94. The van der Waals surface area contributed by atoms with Crippen molar-refractivity contribution >= 4 is 15.9 Å². The predicted molar refractivity (Wildman–Crippen MR) is 96.7 cm³/mol. The molecule has 1 aromatic carbocycles. The smallest absolute Gasteiger partial charge is 0.253 e. The molecule has 0 bridgehead atoms. The Labute approximate surface area is 147 Å². The van der Waals surface area contributed by atoms with Crippen LogP contribution in [0.4, 0.5) is 0 Å². The summed E-state index contributed by atoms with van der Waals surface area (Å²) < 4.78 is 24.9. The summed E-state index contributed by atoms with van der Waals surface area (Å²) in [7, 11) is -3.12. The molecule has 1 aromatic heterocycles. The maximum atomic E-state index is 12.3. The minimum absolute atomic E-state index is 0.199. The maximum Gasteiger partial charge on any atom is 0.253 e. The first kappa shape index (κ1) is 17.6. The summed E-state index contributed by atoms with van der Waals surface area (Å²) in [4.78, 5) is 16.8. The van der Waals surface area contributed by atoms with Crippen molar-refractivity contribution in [2.24, 2.45) is 0 Å². The molecule has 2 heterocycles. The lowest BCUT2D eigenvalue weighted by molar-refractivity contribution is 0.0951. The predicted octanol–water partition coefficient (Wildman–Crippen LogP) is 1.82. The molecular weight excluding hydrogens is 338 g/mol. The fraction of sp³-hybridized carbons (Fsp3) is 0.333. The van der Waals surface area contributed by atoms with Gasteiger partial charge in [0.25, 0.3) is 5.91 Å². The number of sulfonamides is 1. The Bertz CT molecular complexity index is 866. The minimum Gasteiger partial charge on any atom is -0.351 e. The van der Waals surface area contributed by atoms with Crippen molar-refractivity contribution in [3.05, 3.63) is 53.7 Å². The Morgan fingerprint density at radius 3 is 2.60 bits per heavy atom. The minimum atomic E-state index is -3.12. The molecule has 1 aliphatic heterocycles. The number of amides is 1. The van der Waals surface area contributed by atoms with E-state index in [-0.39, 0.29) is 18.2 Å². The van der Waals surface area contributed by atoms with Gasteiger partial charge in [0, 0.05) is 25.2 Å². The molecule has 0 atom stereocenters. The van der Waals surface area contributed by atoms with Crippen molar-refractivity contribution in [3.63, 3.8) is 0 Å². The molecule has 1 N–H and O–H groups in total. The third kappa shape index (κ3) is 4.05. The van der Waals surface area contributed by atoms with E-state index in [0.29, 0.717) is 30.8 Å². The Hall–Kier alpha value is -2.25. The van der Waals surface area contributed by atoms with Crippen LogP contribution in [0.5, 0.6) is 0 Å². The zero-order valence-electron chi connectivity index (χ0n) is 14.1. The van der Waals surface area contributed by atoms with Crippen LogP contribution in [0.25, 0.3) is 11.3 Å². The van der Waals surface area contributed by atoms with E-state index in [1.807, 2.05) is 36.4 Å². The normalized spacial score (nSPS) is 16.7. The number of carbonyl (C=O) groups is 1. The topological polar surface area (TPSA) is 79.4 Å². The van der Waals surface area contributed by atoms with Crippen LogP contribution < -0.4 is 5.32 Å². The summed E-state index contributed by atoms with van der Waals surface area (Å²) in [6, 6.07) is 13.3. The SMILES string of the molecule is Cc1nc(-c2ccccc2)ccc1C(=O)NCCN1CCCS1(=O)=O. The monoisotopic (exact) mass is 359 g/mol. The highest BCUT2D eigenvalue weighted by atomic mass is 32.2. The van der Waals surface area contributed by atoms with E-state index in [1.54, 1.807) is 13.0 Å². The first-order chi connectivity index (χ1) is 12.0. The summed E-state index contributed by atoms with van der Waals surface area (Å²) in [6.07, 6.45) is 0.653. The number of benzene rings is 1. The Morgan fingerprint density at radius 2 is 1.96 bits per heavy atom. The van der Waals surface area contributed by atoms with Crippen molar-refractivity contribution in [1.82, 2.24) is 14.6 Å². The van der Waals surface area contributed by atoms with Gasteiger partial charge in [-0.3, -0.25) is 9.78 Å². The molecule has 1 amide bonds. The van der Waals surface area contributed by atoms with E-state index in [9.17, 15) is 13.2 Å². The maximum absolute atomic E-state index is 12.3. The van der Waals surface area contributed by atoms with Gasteiger partial charge in [-0.2, -0.15) is 0 Å². The van der Waals surface area contributed by atoms with Crippen LogP contribution >= 0.6 is 0 Å². The van der Waals surface area contributed by atoms with Gasteiger partial charge in [-0.1, -0.05) is 30.3 Å². The van der Waals surface area contributed by atoms with E-state index in [2.05, 4.69) is 10.3 Å². The van der Waals surface area contributed by atoms with Gasteiger partial charge in [-0.15, -0.1) is 0 Å². The zero-order chi connectivity index (χ0) is 17.9. The van der Waals surface area contributed by atoms with Gasteiger partial charge >= 0.3 is 0 Å². The number of aryl methyl sites for hydroxylation is 1. The van der Waals surface area contributed by atoms with Crippen LogP contribution in [-0.4, -0.2) is 49.0 Å². The number of aromatic nitrogens is 1. The largest absolute Gasteiger partial charge is 0.351 e. The molecule has 1 aliphatic rings. The van der Waals surface area contributed by atoms with E-state index in [1.165, 1.54) is 4.31 Å². The number of hydrogen-bond acceptors (Lipinski definition) is 4. The van der Waals surface area contributed by atoms with Crippen molar-refractivity contribution in [2.75, 3.05) is 25.4 Å². The lowest BCUT2D eigenvalue weighted by Gasteiger charge is -2.15. The van der Waals surface area contributed by atoms with Crippen LogP contribution in [0, 0.1) is 6.92 Å². The van der Waals surface area contributed by atoms with E-state index < -0.39 is 10.0 Å². The summed E-state index contributed by atoms with van der Waals surface area (Å²) in [5.74, 6) is -0.0357. The summed E-state index contributed by atoms with van der Waals surface area (Å²) in [6.45, 7) is 2.93. The summed E-state index contributed by atoms with van der Waals surface area (Å²) >= 11 is 0. The quantitative estimate of drug-likeness (QED) is 0.883. The lowest BCUT2D eigenvalue weighted by atomic mass is 10.1. The number of carbonyl (C=O) groups excluding carboxylic acids is 1.